The minimum atomic E-state index is -0.448. The number of furan rings is 1. The topological polar surface area (TPSA) is 39.4 Å². The summed E-state index contributed by atoms with van der Waals surface area (Å²) in [6, 6.07) is 7.66. The van der Waals surface area contributed by atoms with Crippen molar-refractivity contribution in [3.8, 4) is 0 Å². The summed E-state index contributed by atoms with van der Waals surface area (Å²) in [5.41, 5.74) is 1.22. The van der Waals surface area contributed by atoms with E-state index in [9.17, 15) is 4.79 Å². The van der Waals surface area contributed by atoms with Crippen LogP contribution >= 0.6 is 0 Å². The molecule has 0 aliphatic carbocycles. The van der Waals surface area contributed by atoms with Gasteiger partial charge in [-0.2, -0.15) is 0 Å². The Kier molecular flexibility index (Phi) is 5.16. The summed E-state index contributed by atoms with van der Waals surface area (Å²) in [7, 11) is 0. The van der Waals surface area contributed by atoms with Crippen LogP contribution in [0.3, 0.4) is 0 Å². The van der Waals surface area contributed by atoms with E-state index in [1.807, 2.05) is 58.9 Å². The fraction of sp³-hybridized carbons (Fsp3) is 0.438. The molecular weight excluding hydrogens is 240 g/mol. The average molecular weight is 262 g/mol. The third-order valence-corrected chi connectivity index (χ3v) is 2.32. The SMILES string of the molecule is CC.CC(C)(C)OC(=O)Cc1coc2ccccc12. The molecule has 0 fully saturated rings. The van der Waals surface area contributed by atoms with Crippen LogP contribution in [0, 0.1) is 0 Å². The molecule has 0 N–H and O–H groups in total. The first-order valence-electron chi connectivity index (χ1n) is 6.63. The van der Waals surface area contributed by atoms with E-state index >= 15 is 0 Å². The minimum Gasteiger partial charge on any atom is -0.464 e. The Balaban J connectivity index is 0.000000861. The maximum atomic E-state index is 11.7. The summed E-state index contributed by atoms with van der Waals surface area (Å²) in [5.74, 6) is -0.232. The molecule has 1 aromatic heterocycles. The van der Waals surface area contributed by atoms with Crippen LogP contribution in [0.4, 0.5) is 0 Å². The van der Waals surface area contributed by atoms with Crippen molar-refractivity contribution >= 4 is 16.9 Å². The fourth-order valence-electron chi connectivity index (χ4n) is 1.70. The third-order valence-electron chi connectivity index (χ3n) is 2.32. The molecule has 0 atom stereocenters. The molecule has 0 unspecified atom stereocenters. The number of hydrogen-bond acceptors (Lipinski definition) is 3. The molecule has 0 saturated carbocycles. The molecule has 1 heterocycles. The Labute approximate surface area is 114 Å². The Hall–Kier alpha value is -1.77. The van der Waals surface area contributed by atoms with Crippen LogP contribution in [0.1, 0.15) is 40.2 Å². The summed E-state index contributed by atoms with van der Waals surface area (Å²) in [4.78, 5) is 11.7. The Bertz CT molecular complexity index is 532. The van der Waals surface area contributed by atoms with E-state index in [4.69, 9.17) is 9.15 Å². The molecule has 1 aromatic carbocycles. The van der Waals surface area contributed by atoms with E-state index in [1.165, 1.54) is 0 Å². The van der Waals surface area contributed by atoms with Gasteiger partial charge < -0.3 is 9.15 Å². The highest BCUT2D eigenvalue weighted by atomic mass is 16.6. The maximum Gasteiger partial charge on any atom is 0.310 e. The second-order valence-corrected chi connectivity index (χ2v) is 5.02. The first kappa shape index (κ1) is 15.3. The normalized spacial score (nSPS) is 10.8. The molecule has 0 amide bonds. The summed E-state index contributed by atoms with van der Waals surface area (Å²) >= 11 is 0. The molecule has 0 radical (unpaired) electrons. The van der Waals surface area contributed by atoms with Crippen molar-refractivity contribution < 1.29 is 13.9 Å². The van der Waals surface area contributed by atoms with Gasteiger partial charge in [0.05, 0.1) is 12.7 Å². The molecule has 0 spiro atoms. The van der Waals surface area contributed by atoms with E-state index in [2.05, 4.69) is 0 Å². The lowest BCUT2D eigenvalue weighted by Crippen LogP contribution is -2.24. The smallest absolute Gasteiger partial charge is 0.310 e. The monoisotopic (exact) mass is 262 g/mol. The van der Waals surface area contributed by atoms with Crippen LogP contribution in [-0.2, 0) is 16.0 Å². The average Bonchev–Trinajstić information content (AvgIpc) is 2.73. The van der Waals surface area contributed by atoms with Gasteiger partial charge in [-0.25, -0.2) is 0 Å². The highest BCUT2D eigenvalue weighted by Crippen LogP contribution is 2.22. The van der Waals surface area contributed by atoms with Gasteiger partial charge in [-0.05, 0) is 26.8 Å². The van der Waals surface area contributed by atoms with Crippen LogP contribution < -0.4 is 0 Å². The van der Waals surface area contributed by atoms with E-state index in [0.29, 0.717) is 0 Å². The number of carbonyl (C=O) groups excluding carboxylic acids is 1. The number of carbonyl (C=O) groups is 1. The summed E-state index contributed by atoms with van der Waals surface area (Å²) in [5, 5.41) is 0.971. The van der Waals surface area contributed by atoms with Crippen molar-refractivity contribution in [1.82, 2.24) is 0 Å². The Morgan fingerprint density at radius 3 is 2.47 bits per heavy atom. The second kappa shape index (κ2) is 6.41. The number of hydrogen-bond donors (Lipinski definition) is 0. The standard InChI is InChI=1S/C14H16O3.C2H6/c1-14(2,3)17-13(15)8-10-9-16-12-7-5-4-6-11(10)12;1-2/h4-7,9H,8H2,1-3H3;1-2H3. The highest BCUT2D eigenvalue weighted by molar-refractivity contribution is 5.85. The van der Waals surface area contributed by atoms with Gasteiger partial charge in [0.25, 0.3) is 0 Å². The van der Waals surface area contributed by atoms with Crippen molar-refractivity contribution in [2.45, 2.75) is 46.6 Å². The molecule has 0 saturated heterocycles. The number of para-hydroxylation sites is 1. The first-order chi connectivity index (χ1) is 8.96. The lowest BCUT2D eigenvalue weighted by molar-refractivity contribution is -0.153. The Morgan fingerprint density at radius 1 is 1.21 bits per heavy atom. The number of rotatable bonds is 2. The van der Waals surface area contributed by atoms with Crippen LogP contribution in [0.2, 0.25) is 0 Å². The van der Waals surface area contributed by atoms with Gasteiger partial charge in [0.1, 0.15) is 11.2 Å². The van der Waals surface area contributed by atoms with Crippen LogP contribution in [0.5, 0.6) is 0 Å². The fourth-order valence-corrected chi connectivity index (χ4v) is 1.70. The van der Waals surface area contributed by atoms with Gasteiger partial charge in [-0.1, -0.05) is 32.0 Å². The molecule has 19 heavy (non-hydrogen) atoms. The van der Waals surface area contributed by atoms with Crippen molar-refractivity contribution in [1.29, 1.82) is 0 Å². The predicted octanol–water partition coefficient (Wildman–Crippen LogP) is 4.34. The first-order valence-corrected chi connectivity index (χ1v) is 6.63. The molecule has 104 valence electrons. The van der Waals surface area contributed by atoms with Crippen molar-refractivity contribution in [2.24, 2.45) is 0 Å². The van der Waals surface area contributed by atoms with Crippen molar-refractivity contribution in [3.63, 3.8) is 0 Å². The van der Waals surface area contributed by atoms with E-state index in [1.54, 1.807) is 6.26 Å². The van der Waals surface area contributed by atoms with Gasteiger partial charge >= 0.3 is 5.97 Å². The predicted molar refractivity (Wildman–Crippen MR) is 77.1 cm³/mol. The second-order valence-electron chi connectivity index (χ2n) is 5.02. The molecule has 3 nitrogen and oxygen atoms in total. The summed E-state index contributed by atoms with van der Waals surface area (Å²) < 4.78 is 10.7. The maximum absolute atomic E-state index is 11.7. The largest absolute Gasteiger partial charge is 0.464 e. The quantitative estimate of drug-likeness (QED) is 0.756. The van der Waals surface area contributed by atoms with Crippen LogP contribution in [-0.4, -0.2) is 11.6 Å². The number of esters is 1. The minimum absolute atomic E-state index is 0.232. The van der Waals surface area contributed by atoms with Gasteiger partial charge in [0.2, 0.25) is 0 Å². The van der Waals surface area contributed by atoms with Gasteiger partial charge in [0, 0.05) is 10.9 Å². The molecule has 3 heteroatoms. The number of fused-ring (bicyclic) bond motifs is 1. The van der Waals surface area contributed by atoms with Crippen LogP contribution in [0.25, 0.3) is 11.0 Å². The molecule has 0 aliphatic rings. The summed E-state index contributed by atoms with van der Waals surface area (Å²) in [6.45, 7) is 9.58. The lowest BCUT2D eigenvalue weighted by atomic mass is 10.1. The van der Waals surface area contributed by atoms with Crippen molar-refractivity contribution in [3.05, 3.63) is 36.1 Å². The molecule has 0 bridgehead atoms. The Morgan fingerprint density at radius 2 is 1.84 bits per heavy atom. The van der Waals surface area contributed by atoms with E-state index in [-0.39, 0.29) is 12.4 Å². The highest BCUT2D eigenvalue weighted by Gasteiger charge is 2.18. The molecule has 0 aliphatic heterocycles. The van der Waals surface area contributed by atoms with Crippen LogP contribution in [0.15, 0.2) is 34.9 Å². The summed E-state index contributed by atoms with van der Waals surface area (Å²) in [6.07, 6.45) is 1.86. The zero-order chi connectivity index (χ0) is 14.5. The third kappa shape index (κ3) is 4.43. The number of benzene rings is 1. The van der Waals surface area contributed by atoms with Gasteiger partial charge in [0.15, 0.2) is 0 Å². The molecular formula is C16H22O3. The zero-order valence-corrected chi connectivity index (χ0v) is 12.3. The lowest BCUT2D eigenvalue weighted by Gasteiger charge is -2.19. The van der Waals surface area contributed by atoms with Gasteiger partial charge in [-0.3, -0.25) is 4.79 Å². The molecule has 2 rings (SSSR count). The van der Waals surface area contributed by atoms with E-state index in [0.717, 1.165) is 16.5 Å². The van der Waals surface area contributed by atoms with E-state index < -0.39 is 5.60 Å². The number of ether oxygens (including phenoxy) is 1. The zero-order valence-electron chi connectivity index (χ0n) is 12.3. The molecule has 2 aromatic rings. The van der Waals surface area contributed by atoms with Crippen molar-refractivity contribution in [2.75, 3.05) is 0 Å². The van der Waals surface area contributed by atoms with Gasteiger partial charge in [-0.15, -0.1) is 0 Å².